The summed E-state index contributed by atoms with van der Waals surface area (Å²) in [6.45, 7) is 3.00. The van der Waals surface area contributed by atoms with E-state index in [0.717, 1.165) is 23.3 Å². The second kappa shape index (κ2) is 7.32. The van der Waals surface area contributed by atoms with E-state index in [2.05, 4.69) is 16.8 Å². The number of ether oxygens (including phenoxy) is 1. The van der Waals surface area contributed by atoms with Crippen LogP contribution in [0.2, 0.25) is 0 Å². The van der Waals surface area contributed by atoms with E-state index in [0.29, 0.717) is 13.2 Å². The Morgan fingerprint density at radius 1 is 1.20 bits per heavy atom. The van der Waals surface area contributed by atoms with Crippen LogP contribution in [0.25, 0.3) is 0 Å². The highest BCUT2D eigenvalue weighted by atomic mass is 16.5. The molecule has 3 nitrogen and oxygen atoms in total. The van der Waals surface area contributed by atoms with Crippen molar-refractivity contribution in [3.63, 3.8) is 0 Å². The van der Waals surface area contributed by atoms with Gasteiger partial charge in [-0.1, -0.05) is 17.9 Å². The zero-order chi connectivity index (χ0) is 14.2. The smallest absolute Gasteiger partial charge is 0.134 e. The van der Waals surface area contributed by atoms with Crippen LogP contribution in [-0.4, -0.2) is 18.1 Å². The number of nitrogens with two attached hydrogens (primary N) is 1. The van der Waals surface area contributed by atoms with Gasteiger partial charge >= 0.3 is 0 Å². The minimum atomic E-state index is 0.352. The van der Waals surface area contributed by atoms with E-state index in [1.807, 2.05) is 37.3 Å². The Balaban J connectivity index is 2.02. The molecule has 2 rings (SSSR count). The molecule has 1 aromatic heterocycles. The first-order valence-electron chi connectivity index (χ1n) is 6.61. The Morgan fingerprint density at radius 2 is 2.00 bits per heavy atom. The van der Waals surface area contributed by atoms with Crippen LogP contribution in [0, 0.1) is 18.8 Å². The molecule has 0 bridgehead atoms. The van der Waals surface area contributed by atoms with Gasteiger partial charge in [-0.3, -0.25) is 4.98 Å². The molecule has 0 saturated heterocycles. The summed E-state index contributed by atoms with van der Waals surface area (Å²) >= 11 is 0. The average Bonchev–Trinajstić information content (AvgIpc) is 2.48. The maximum absolute atomic E-state index is 5.83. The summed E-state index contributed by atoms with van der Waals surface area (Å²) in [6, 6.07) is 9.99. The molecule has 0 unspecified atom stereocenters. The fourth-order valence-electron chi connectivity index (χ4n) is 1.84. The van der Waals surface area contributed by atoms with Crippen LogP contribution in [0.5, 0.6) is 5.75 Å². The predicted molar refractivity (Wildman–Crippen MR) is 80.5 cm³/mol. The van der Waals surface area contributed by atoms with Crippen molar-refractivity contribution in [1.82, 2.24) is 4.98 Å². The van der Waals surface area contributed by atoms with E-state index in [9.17, 15) is 0 Å². The van der Waals surface area contributed by atoms with Gasteiger partial charge in [0.05, 0.1) is 18.7 Å². The van der Waals surface area contributed by atoms with Crippen molar-refractivity contribution >= 4 is 0 Å². The first-order chi connectivity index (χ1) is 9.79. The molecule has 0 aliphatic carbocycles. The second-order valence-corrected chi connectivity index (χ2v) is 4.46. The van der Waals surface area contributed by atoms with E-state index >= 15 is 0 Å². The lowest BCUT2D eigenvalue weighted by Crippen LogP contribution is -2.03. The van der Waals surface area contributed by atoms with Gasteiger partial charge in [-0.2, -0.15) is 0 Å². The van der Waals surface area contributed by atoms with Crippen molar-refractivity contribution in [1.29, 1.82) is 0 Å². The first-order valence-corrected chi connectivity index (χ1v) is 6.61. The van der Waals surface area contributed by atoms with Gasteiger partial charge in [0.15, 0.2) is 0 Å². The van der Waals surface area contributed by atoms with Gasteiger partial charge in [-0.05, 0) is 42.3 Å². The molecule has 0 amide bonds. The van der Waals surface area contributed by atoms with Gasteiger partial charge in [0, 0.05) is 18.8 Å². The van der Waals surface area contributed by atoms with Crippen LogP contribution >= 0.6 is 0 Å². The summed E-state index contributed by atoms with van der Waals surface area (Å²) in [5.41, 5.74) is 8.68. The third-order valence-electron chi connectivity index (χ3n) is 2.86. The van der Waals surface area contributed by atoms with Gasteiger partial charge in [-0.15, -0.1) is 0 Å². The number of pyridine rings is 1. The molecule has 20 heavy (non-hydrogen) atoms. The predicted octanol–water partition coefficient (Wildman–Crippen LogP) is 2.32. The first kappa shape index (κ1) is 14.1. The highest BCUT2D eigenvalue weighted by Crippen LogP contribution is 2.19. The quantitative estimate of drug-likeness (QED) is 0.864. The van der Waals surface area contributed by atoms with Crippen LogP contribution in [0.1, 0.15) is 16.7 Å². The highest BCUT2D eigenvalue weighted by molar-refractivity contribution is 5.48. The molecule has 102 valence electrons. The van der Waals surface area contributed by atoms with E-state index in [1.165, 1.54) is 5.56 Å². The molecule has 0 aliphatic heterocycles. The lowest BCUT2D eigenvalue weighted by molar-refractivity contribution is 0.321. The topological polar surface area (TPSA) is 48.1 Å². The molecule has 2 aromatic rings. The van der Waals surface area contributed by atoms with Gasteiger partial charge < -0.3 is 10.5 Å². The van der Waals surface area contributed by atoms with E-state index < -0.39 is 0 Å². The molecule has 0 atom stereocenters. The molecule has 0 saturated carbocycles. The van der Waals surface area contributed by atoms with Gasteiger partial charge in [0.25, 0.3) is 0 Å². The molecular weight excluding hydrogens is 248 g/mol. The number of benzene rings is 1. The van der Waals surface area contributed by atoms with Crippen molar-refractivity contribution < 1.29 is 4.74 Å². The Morgan fingerprint density at radius 3 is 2.75 bits per heavy atom. The van der Waals surface area contributed by atoms with Crippen molar-refractivity contribution in [2.45, 2.75) is 13.3 Å². The van der Waals surface area contributed by atoms with Crippen molar-refractivity contribution in [3.8, 4) is 17.6 Å². The number of aromatic nitrogens is 1. The average molecular weight is 266 g/mol. The SMILES string of the molecule is Cc1ccc(OCCc2ccncc2)c(C#CCN)c1. The summed E-state index contributed by atoms with van der Waals surface area (Å²) in [6.07, 6.45) is 4.43. The van der Waals surface area contributed by atoms with E-state index in [4.69, 9.17) is 10.5 Å². The lowest BCUT2D eigenvalue weighted by atomic mass is 10.1. The number of aryl methyl sites for hydroxylation is 1. The summed E-state index contributed by atoms with van der Waals surface area (Å²) < 4.78 is 5.83. The summed E-state index contributed by atoms with van der Waals surface area (Å²) in [5, 5.41) is 0. The van der Waals surface area contributed by atoms with Crippen molar-refractivity contribution in [2.24, 2.45) is 5.73 Å². The zero-order valence-corrected chi connectivity index (χ0v) is 11.6. The molecule has 3 heteroatoms. The number of hydrogen-bond donors (Lipinski definition) is 1. The Kier molecular flexibility index (Phi) is 5.16. The maximum Gasteiger partial charge on any atom is 0.134 e. The summed E-state index contributed by atoms with van der Waals surface area (Å²) in [4.78, 5) is 4.00. The fraction of sp³-hybridized carbons (Fsp3) is 0.235. The number of nitrogens with zero attached hydrogens (tertiary/aromatic N) is 1. The third kappa shape index (κ3) is 4.11. The molecular formula is C17H18N2O. The Labute approximate surface area is 119 Å². The number of rotatable bonds is 4. The lowest BCUT2D eigenvalue weighted by Gasteiger charge is -2.09. The molecule has 0 aliphatic rings. The Hall–Kier alpha value is -2.31. The minimum absolute atomic E-state index is 0.352. The molecule has 0 spiro atoms. The monoisotopic (exact) mass is 266 g/mol. The van der Waals surface area contributed by atoms with Crippen molar-refractivity contribution in [3.05, 3.63) is 59.4 Å². The van der Waals surface area contributed by atoms with Crippen LogP contribution in [0.4, 0.5) is 0 Å². The van der Waals surface area contributed by atoms with Crippen LogP contribution < -0.4 is 10.5 Å². The van der Waals surface area contributed by atoms with Gasteiger partial charge in [-0.25, -0.2) is 0 Å². The van der Waals surface area contributed by atoms with Crippen molar-refractivity contribution in [2.75, 3.05) is 13.2 Å². The second-order valence-electron chi connectivity index (χ2n) is 4.46. The Bertz CT molecular complexity index is 612. The molecule has 0 radical (unpaired) electrons. The molecule has 2 N–H and O–H groups in total. The van der Waals surface area contributed by atoms with Crippen LogP contribution in [0.3, 0.4) is 0 Å². The van der Waals surface area contributed by atoms with E-state index in [-0.39, 0.29) is 0 Å². The summed E-state index contributed by atoms with van der Waals surface area (Å²) in [7, 11) is 0. The maximum atomic E-state index is 5.83. The zero-order valence-electron chi connectivity index (χ0n) is 11.6. The van der Waals surface area contributed by atoms with Crippen LogP contribution in [-0.2, 0) is 6.42 Å². The minimum Gasteiger partial charge on any atom is -0.492 e. The van der Waals surface area contributed by atoms with Crippen LogP contribution in [0.15, 0.2) is 42.7 Å². The molecule has 1 aromatic carbocycles. The fourth-order valence-corrected chi connectivity index (χ4v) is 1.84. The largest absolute Gasteiger partial charge is 0.492 e. The third-order valence-corrected chi connectivity index (χ3v) is 2.86. The normalized spacial score (nSPS) is 9.70. The van der Waals surface area contributed by atoms with E-state index in [1.54, 1.807) is 12.4 Å². The van der Waals surface area contributed by atoms with Gasteiger partial charge in [0.2, 0.25) is 0 Å². The number of hydrogen-bond acceptors (Lipinski definition) is 3. The standard InChI is InChI=1S/C17H18N2O/c1-14-4-5-17(16(13-14)3-2-9-18)20-12-8-15-6-10-19-11-7-15/h4-7,10-11,13H,8-9,12,18H2,1H3. The highest BCUT2D eigenvalue weighted by Gasteiger charge is 2.02. The molecule has 0 fully saturated rings. The van der Waals surface area contributed by atoms with Gasteiger partial charge in [0.1, 0.15) is 5.75 Å². The summed E-state index contributed by atoms with van der Waals surface area (Å²) in [5.74, 6) is 6.73. The molecule has 1 heterocycles.